The van der Waals surface area contributed by atoms with E-state index in [2.05, 4.69) is 16.5 Å². The summed E-state index contributed by atoms with van der Waals surface area (Å²) in [5, 5.41) is 1.14. The third kappa shape index (κ3) is 2.44. The average Bonchev–Trinajstić information content (AvgIpc) is 3.05. The second kappa shape index (κ2) is 4.80. The molecule has 0 bridgehead atoms. The lowest BCUT2D eigenvalue weighted by Gasteiger charge is -2.15. The van der Waals surface area contributed by atoms with Crippen molar-refractivity contribution in [3.63, 3.8) is 0 Å². The monoisotopic (exact) mass is 314 g/mol. The molecule has 0 saturated heterocycles. The topological polar surface area (TPSA) is 20.7 Å². The van der Waals surface area contributed by atoms with Crippen LogP contribution in [0.1, 0.15) is 32.6 Å². The minimum absolute atomic E-state index is 0.453. The van der Waals surface area contributed by atoms with E-state index in [1.807, 2.05) is 12.1 Å². The molecule has 0 atom stereocenters. The summed E-state index contributed by atoms with van der Waals surface area (Å²) >= 11 is 17.6. The van der Waals surface area contributed by atoms with E-state index < -0.39 is 0 Å². The number of imidazole rings is 1. The van der Waals surface area contributed by atoms with E-state index in [4.69, 9.17) is 35.4 Å². The lowest BCUT2D eigenvalue weighted by molar-refractivity contribution is 0.391. The molecule has 0 unspecified atom stereocenters. The van der Waals surface area contributed by atoms with Crippen molar-refractivity contribution in [2.45, 2.75) is 39.2 Å². The first kappa shape index (κ1) is 13.5. The quantitative estimate of drug-likeness (QED) is 0.730. The summed E-state index contributed by atoms with van der Waals surface area (Å²) in [6.07, 6.45) is 5.10. The fourth-order valence-electron chi connectivity index (χ4n) is 2.84. The number of fused-ring (bicyclic) bond motifs is 1. The molecular weight excluding hydrogens is 299 g/mol. The maximum atomic E-state index is 6.12. The number of hydrogen-bond donors (Lipinski definition) is 1. The number of halogens is 2. The van der Waals surface area contributed by atoms with Gasteiger partial charge < -0.3 is 9.55 Å². The Labute approximate surface area is 127 Å². The molecular formula is C14H16Cl2N2S. The summed E-state index contributed by atoms with van der Waals surface area (Å²) < 4.78 is 2.94. The highest BCUT2D eigenvalue weighted by molar-refractivity contribution is 7.71. The molecule has 3 rings (SSSR count). The van der Waals surface area contributed by atoms with E-state index in [0.29, 0.717) is 15.5 Å². The summed E-state index contributed by atoms with van der Waals surface area (Å²) in [7, 11) is 0. The van der Waals surface area contributed by atoms with Crippen molar-refractivity contribution in [2.75, 3.05) is 0 Å². The van der Waals surface area contributed by atoms with Gasteiger partial charge in [0.25, 0.3) is 0 Å². The SMILES string of the molecule is CCCC1(Cn2c(=S)[nH]c3cc(Cl)c(Cl)cc32)CC1. The Bertz CT molecular complexity index is 683. The van der Waals surface area contributed by atoms with Gasteiger partial charge in [0.2, 0.25) is 0 Å². The van der Waals surface area contributed by atoms with Crippen LogP contribution >= 0.6 is 35.4 Å². The Hall–Kier alpha value is -0.510. The van der Waals surface area contributed by atoms with Gasteiger partial charge in [-0.15, -0.1) is 0 Å². The number of rotatable bonds is 4. The Morgan fingerprint density at radius 2 is 2.00 bits per heavy atom. The van der Waals surface area contributed by atoms with Crippen LogP contribution in [-0.4, -0.2) is 9.55 Å². The van der Waals surface area contributed by atoms with Gasteiger partial charge in [0.1, 0.15) is 0 Å². The molecule has 2 nitrogen and oxygen atoms in total. The largest absolute Gasteiger partial charge is 0.331 e. The highest BCUT2D eigenvalue weighted by atomic mass is 35.5. The fourth-order valence-corrected chi connectivity index (χ4v) is 3.43. The highest BCUT2D eigenvalue weighted by Crippen LogP contribution is 2.51. The predicted molar refractivity (Wildman–Crippen MR) is 83.7 cm³/mol. The predicted octanol–water partition coefficient (Wildman–Crippen LogP) is 5.59. The van der Waals surface area contributed by atoms with Crippen molar-refractivity contribution in [3.05, 3.63) is 26.9 Å². The molecule has 0 radical (unpaired) electrons. The number of hydrogen-bond acceptors (Lipinski definition) is 1. The molecule has 0 spiro atoms. The van der Waals surface area contributed by atoms with Crippen molar-refractivity contribution in [2.24, 2.45) is 5.41 Å². The number of H-pyrrole nitrogens is 1. The first-order chi connectivity index (χ1) is 9.04. The summed E-state index contributed by atoms with van der Waals surface area (Å²) in [6, 6.07) is 3.76. The summed E-state index contributed by atoms with van der Waals surface area (Å²) in [5.74, 6) is 0. The molecule has 1 aliphatic rings. The van der Waals surface area contributed by atoms with Crippen LogP contribution in [0, 0.1) is 10.2 Å². The van der Waals surface area contributed by atoms with Gasteiger partial charge in [-0.2, -0.15) is 0 Å². The van der Waals surface area contributed by atoms with Gasteiger partial charge in [0, 0.05) is 6.54 Å². The van der Waals surface area contributed by atoms with E-state index in [9.17, 15) is 0 Å². The third-order valence-electron chi connectivity index (χ3n) is 4.05. The second-order valence-electron chi connectivity index (χ2n) is 5.55. The van der Waals surface area contributed by atoms with Crippen molar-refractivity contribution < 1.29 is 0 Å². The van der Waals surface area contributed by atoms with E-state index in [1.165, 1.54) is 25.7 Å². The zero-order valence-corrected chi connectivity index (χ0v) is 13.1. The van der Waals surface area contributed by atoms with Crippen molar-refractivity contribution in [1.82, 2.24) is 9.55 Å². The molecule has 0 aliphatic heterocycles. The standard InChI is InChI=1S/C14H16Cl2N2S/c1-2-3-14(4-5-14)8-18-12-7-10(16)9(15)6-11(12)17-13(18)19/h6-7H,2-5,8H2,1H3,(H,17,19). The van der Waals surface area contributed by atoms with Crippen LogP contribution in [0.2, 0.25) is 10.0 Å². The number of aromatic nitrogens is 2. The number of benzene rings is 1. The molecule has 102 valence electrons. The molecule has 1 fully saturated rings. The van der Waals surface area contributed by atoms with Gasteiger partial charge in [0.05, 0.1) is 21.1 Å². The van der Waals surface area contributed by atoms with Gasteiger partial charge in [-0.3, -0.25) is 0 Å². The minimum atomic E-state index is 0.453. The van der Waals surface area contributed by atoms with Crippen LogP contribution in [0.5, 0.6) is 0 Å². The fraction of sp³-hybridized carbons (Fsp3) is 0.500. The third-order valence-corrected chi connectivity index (χ3v) is 5.09. The smallest absolute Gasteiger partial charge is 0.178 e. The van der Waals surface area contributed by atoms with Gasteiger partial charge in [0.15, 0.2) is 4.77 Å². The first-order valence-electron chi connectivity index (χ1n) is 6.62. The molecule has 1 heterocycles. The molecule has 0 amide bonds. The molecule has 1 aliphatic carbocycles. The highest BCUT2D eigenvalue weighted by Gasteiger charge is 2.42. The molecule has 5 heteroatoms. The van der Waals surface area contributed by atoms with Crippen molar-refractivity contribution >= 4 is 46.5 Å². The van der Waals surface area contributed by atoms with Gasteiger partial charge >= 0.3 is 0 Å². The minimum Gasteiger partial charge on any atom is -0.331 e. The normalized spacial score (nSPS) is 17.0. The van der Waals surface area contributed by atoms with Crippen LogP contribution < -0.4 is 0 Å². The number of nitrogens with one attached hydrogen (secondary N) is 1. The van der Waals surface area contributed by atoms with Crippen LogP contribution in [0.3, 0.4) is 0 Å². The van der Waals surface area contributed by atoms with Gasteiger partial charge in [-0.25, -0.2) is 0 Å². The maximum Gasteiger partial charge on any atom is 0.178 e. The van der Waals surface area contributed by atoms with Crippen LogP contribution in [-0.2, 0) is 6.54 Å². The van der Waals surface area contributed by atoms with E-state index in [0.717, 1.165) is 22.3 Å². The molecule has 2 aromatic rings. The zero-order valence-electron chi connectivity index (χ0n) is 10.8. The van der Waals surface area contributed by atoms with Crippen LogP contribution in [0.4, 0.5) is 0 Å². The Balaban J connectivity index is 2.06. The molecule has 1 saturated carbocycles. The number of aromatic amines is 1. The van der Waals surface area contributed by atoms with E-state index in [1.54, 1.807) is 0 Å². The maximum absolute atomic E-state index is 6.12. The Morgan fingerprint density at radius 1 is 1.32 bits per heavy atom. The molecule has 19 heavy (non-hydrogen) atoms. The molecule has 1 aromatic heterocycles. The second-order valence-corrected chi connectivity index (χ2v) is 6.75. The first-order valence-corrected chi connectivity index (χ1v) is 7.79. The summed E-state index contributed by atoms with van der Waals surface area (Å²) in [4.78, 5) is 3.22. The van der Waals surface area contributed by atoms with Gasteiger partial charge in [-0.1, -0.05) is 36.5 Å². The Kier molecular flexibility index (Phi) is 3.40. The van der Waals surface area contributed by atoms with Crippen molar-refractivity contribution in [3.8, 4) is 0 Å². The van der Waals surface area contributed by atoms with E-state index >= 15 is 0 Å². The van der Waals surface area contributed by atoms with E-state index in [-0.39, 0.29) is 0 Å². The molecule has 1 N–H and O–H groups in total. The lowest BCUT2D eigenvalue weighted by atomic mass is 10.0. The van der Waals surface area contributed by atoms with Crippen molar-refractivity contribution in [1.29, 1.82) is 0 Å². The lowest BCUT2D eigenvalue weighted by Crippen LogP contribution is -2.11. The van der Waals surface area contributed by atoms with Crippen LogP contribution in [0.25, 0.3) is 11.0 Å². The zero-order chi connectivity index (χ0) is 13.6. The summed E-state index contributed by atoms with van der Waals surface area (Å²) in [6.45, 7) is 3.23. The number of nitrogens with zero attached hydrogens (tertiary/aromatic N) is 1. The summed E-state index contributed by atoms with van der Waals surface area (Å²) in [5.41, 5.74) is 2.47. The van der Waals surface area contributed by atoms with Crippen LogP contribution in [0.15, 0.2) is 12.1 Å². The average molecular weight is 315 g/mol. The molecule has 1 aromatic carbocycles. The van der Waals surface area contributed by atoms with Gasteiger partial charge in [-0.05, 0) is 49.0 Å². The Morgan fingerprint density at radius 3 is 2.63 bits per heavy atom.